The Morgan fingerprint density at radius 1 is 1.19 bits per heavy atom. The zero-order valence-electron chi connectivity index (χ0n) is 11.3. The third-order valence-electron chi connectivity index (χ3n) is 2.70. The minimum Gasteiger partial charge on any atom is -0.495 e. The van der Waals surface area contributed by atoms with Crippen LogP contribution < -0.4 is 10.1 Å². The summed E-state index contributed by atoms with van der Waals surface area (Å²) in [6.45, 7) is 0. The van der Waals surface area contributed by atoms with Crippen molar-refractivity contribution in [2.75, 3.05) is 12.4 Å². The van der Waals surface area contributed by atoms with Crippen molar-refractivity contribution in [3.05, 3.63) is 64.1 Å². The van der Waals surface area contributed by atoms with Gasteiger partial charge in [0.05, 0.1) is 12.1 Å². The van der Waals surface area contributed by atoms with Crippen molar-refractivity contribution in [2.45, 2.75) is 0 Å². The lowest BCUT2D eigenvalue weighted by Crippen LogP contribution is -2.07. The molecule has 3 nitrogen and oxygen atoms in total. The van der Waals surface area contributed by atoms with E-state index in [-0.39, 0.29) is 5.91 Å². The smallest absolute Gasteiger partial charge is 0.248 e. The number of hydrogen-bond acceptors (Lipinski definition) is 2. The Morgan fingerprint density at radius 2 is 1.90 bits per heavy atom. The van der Waals surface area contributed by atoms with E-state index in [0.717, 1.165) is 5.69 Å². The fourth-order valence-corrected chi connectivity index (χ4v) is 2.38. The number of amides is 1. The van der Waals surface area contributed by atoms with Crippen molar-refractivity contribution in [1.29, 1.82) is 0 Å². The third-order valence-corrected chi connectivity index (χ3v) is 3.20. The molecule has 0 aromatic heterocycles. The maximum absolute atomic E-state index is 11.9. The molecule has 0 bridgehead atoms. The Hall–Kier alpha value is -1.97. The highest BCUT2D eigenvalue weighted by atomic mass is 35.5. The Kier molecular flexibility index (Phi) is 5.26. The molecule has 0 heterocycles. The standard InChI is InChI=1S/C16H13Cl2NO2/c1-21-16-11(9-12(17)10-14(16)18)7-8-15(20)19-13-5-3-2-4-6-13/h2-10H,1H3,(H,19,20)/b8-7+. The number of benzene rings is 2. The van der Waals surface area contributed by atoms with Crippen molar-refractivity contribution in [3.63, 3.8) is 0 Å². The number of nitrogens with one attached hydrogen (secondary N) is 1. The zero-order valence-corrected chi connectivity index (χ0v) is 12.8. The summed E-state index contributed by atoms with van der Waals surface area (Å²) in [5.41, 5.74) is 1.36. The van der Waals surface area contributed by atoms with Gasteiger partial charge in [0.15, 0.2) is 0 Å². The first-order chi connectivity index (χ1) is 10.1. The largest absolute Gasteiger partial charge is 0.495 e. The van der Waals surface area contributed by atoms with Gasteiger partial charge in [-0.25, -0.2) is 0 Å². The van der Waals surface area contributed by atoms with E-state index < -0.39 is 0 Å². The van der Waals surface area contributed by atoms with Gasteiger partial charge in [0.2, 0.25) is 5.91 Å². The first kappa shape index (κ1) is 15.4. The number of hydrogen-bond donors (Lipinski definition) is 1. The summed E-state index contributed by atoms with van der Waals surface area (Å²) >= 11 is 12.0. The van der Waals surface area contributed by atoms with E-state index in [4.69, 9.17) is 27.9 Å². The summed E-state index contributed by atoms with van der Waals surface area (Å²) in [7, 11) is 1.51. The second kappa shape index (κ2) is 7.16. The van der Waals surface area contributed by atoms with Gasteiger partial charge in [-0.2, -0.15) is 0 Å². The molecule has 2 rings (SSSR count). The number of rotatable bonds is 4. The predicted molar refractivity (Wildman–Crippen MR) is 87.1 cm³/mol. The normalized spacial score (nSPS) is 10.6. The molecule has 0 aliphatic rings. The lowest BCUT2D eigenvalue weighted by molar-refractivity contribution is -0.111. The highest BCUT2D eigenvalue weighted by Crippen LogP contribution is 2.32. The van der Waals surface area contributed by atoms with Crippen LogP contribution in [0.5, 0.6) is 5.75 Å². The van der Waals surface area contributed by atoms with Crippen LogP contribution in [0.4, 0.5) is 5.69 Å². The maximum Gasteiger partial charge on any atom is 0.248 e. The van der Waals surface area contributed by atoms with E-state index in [9.17, 15) is 4.79 Å². The lowest BCUT2D eigenvalue weighted by atomic mass is 10.2. The molecule has 0 unspecified atom stereocenters. The zero-order chi connectivity index (χ0) is 15.2. The van der Waals surface area contributed by atoms with Crippen molar-refractivity contribution in [2.24, 2.45) is 0 Å². The van der Waals surface area contributed by atoms with Crippen molar-refractivity contribution < 1.29 is 9.53 Å². The van der Waals surface area contributed by atoms with Crippen LogP contribution in [0.2, 0.25) is 10.0 Å². The molecule has 0 saturated heterocycles. The highest BCUT2D eigenvalue weighted by Gasteiger charge is 2.08. The van der Waals surface area contributed by atoms with Crippen LogP contribution in [-0.2, 0) is 4.79 Å². The average molecular weight is 322 g/mol. The average Bonchev–Trinajstić information content (AvgIpc) is 2.45. The van der Waals surface area contributed by atoms with Gasteiger partial charge in [-0.1, -0.05) is 41.4 Å². The van der Waals surface area contributed by atoms with Crippen LogP contribution in [0.15, 0.2) is 48.5 Å². The van der Waals surface area contributed by atoms with Crippen LogP contribution in [0, 0.1) is 0 Å². The molecule has 21 heavy (non-hydrogen) atoms. The fraction of sp³-hybridized carbons (Fsp3) is 0.0625. The molecule has 0 spiro atoms. The molecule has 0 aliphatic carbocycles. The van der Waals surface area contributed by atoms with E-state index in [1.165, 1.54) is 13.2 Å². The number of methoxy groups -OCH3 is 1. The molecule has 0 atom stereocenters. The summed E-state index contributed by atoms with van der Waals surface area (Å²) in [6, 6.07) is 12.5. The quantitative estimate of drug-likeness (QED) is 0.832. The van der Waals surface area contributed by atoms with Crippen LogP contribution in [-0.4, -0.2) is 13.0 Å². The molecule has 2 aromatic carbocycles. The summed E-state index contributed by atoms with van der Waals surface area (Å²) in [4.78, 5) is 11.9. The summed E-state index contributed by atoms with van der Waals surface area (Å²) in [6.07, 6.45) is 3.01. The molecule has 1 N–H and O–H groups in total. The van der Waals surface area contributed by atoms with Crippen molar-refractivity contribution in [1.82, 2.24) is 0 Å². The topological polar surface area (TPSA) is 38.3 Å². The molecular weight excluding hydrogens is 309 g/mol. The Morgan fingerprint density at radius 3 is 2.57 bits per heavy atom. The molecule has 108 valence electrons. The van der Waals surface area contributed by atoms with Gasteiger partial charge in [0.1, 0.15) is 5.75 Å². The second-order valence-electron chi connectivity index (χ2n) is 4.20. The Labute approximate surface area is 133 Å². The first-order valence-corrected chi connectivity index (χ1v) is 6.93. The van der Waals surface area contributed by atoms with Crippen LogP contribution in [0.3, 0.4) is 0 Å². The van der Waals surface area contributed by atoms with Crippen molar-refractivity contribution >= 4 is 40.9 Å². The van der Waals surface area contributed by atoms with E-state index in [2.05, 4.69) is 5.32 Å². The molecule has 0 radical (unpaired) electrons. The van der Waals surface area contributed by atoms with Crippen LogP contribution in [0.1, 0.15) is 5.56 Å². The van der Waals surface area contributed by atoms with E-state index >= 15 is 0 Å². The molecule has 5 heteroatoms. The number of para-hydroxylation sites is 1. The van der Waals surface area contributed by atoms with Gasteiger partial charge < -0.3 is 10.1 Å². The van der Waals surface area contributed by atoms with Gasteiger partial charge >= 0.3 is 0 Å². The first-order valence-electron chi connectivity index (χ1n) is 6.17. The van der Waals surface area contributed by atoms with Gasteiger partial charge in [-0.3, -0.25) is 4.79 Å². The van der Waals surface area contributed by atoms with Gasteiger partial charge in [-0.15, -0.1) is 0 Å². The molecule has 0 saturated carbocycles. The highest BCUT2D eigenvalue weighted by molar-refractivity contribution is 6.36. The number of anilines is 1. The second-order valence-corrected chi connectivity index (χ2v) is 5.04. The minimum absolute atomic E-state index is 0.251. The molecular formula is C16H13Cl2NO2. The molecule has 0 aliphatic heterocycles. The van der Waals surface area contributed by atoms with E-state index in [1.54, 1.807) is 18.2 Å². The summed E-state index contributed by atoms with van der Waals surface area (Å²) < 4.78 is 5.21. The molecule has 0 fully saturated rings. The van der Waals surface area contributed by atoms with Crippen LogP contribution >= 0.6 is 23.2 Å². The third kappa shape index (κ3) is 4.25. The summed E-state index contributed by atoms with van der Waals surface area (Å²) in [5, 5.41) is 3.62. The predicted octanol–water partition coefficient (Wildman–Crippen LogP) is 4.65. The Balaban J connectivity index is 2.16. The number of halogens is 2. The molecule has 1 amide bonds. The molecule has 2 aromatic rings. The van der Waals surface area contributed by atoms with E-state index in [0.29, 0.717) is 21.4 Å². The number of carbonyl (C=O) groups is 1. The van der Waals surface area contributed by atoms with Gasteiger partial charge in [0.25, 0.3) is 0 Å². The lowest BCUT2D eigenvalue weighted by Gasteiger charge is -2.07. The number of ether oxygens (including phenoxy) is 1. The van der Waals surface area contributed by atoms with Crippen molar-refractivity contribution in [3.8, 4) is 5.75 Å². The number of carbonyl (C=O) groups excluding carboxylic acids is 1. The maximum atomic E-state index is 11.9. The van der Waals surface area contributed by atoms with Gasteiger partial charge in [-0.05, 0) is 30.3 Å². The SMILES string of the molecule is COc1c(Cl)cc(Cl)cc1/C=C/C(=O)Nc1ccccc1. The minimum atomic E-state index is -0.251. The monoisotopic (exact) mass is 321 g/mol. The summed E-state index contributed by atoms with van der Waals surface area (Å²) in [5.74, 6) is 0.226. The Bertz CT molecular complexity index is 669. The fourth-order valence-electron chi connectivity index (χ4n) is 1.79. The van der Waals surface area contributed by atoms with E-state index in [1.807, 2.05) is 30.3 Å². The van der Waals surface area contributed by atoms with Crippen LogP contribution in [0.25, 0.3) is 6.08 Å². The van der Waals surface area contributed by atoms with Gasteiger partial charge in [0, 0.05) is 22.3 Å².